The molecule has 2 rings (SSSR count). The van der Waals surface area contributed by atoms with Crippen molar-refractivity contribution < 1.29 is 13.3 Å². The number of aryl methyl sites for hydroxylation is 1. The smallest absolute Gasteiger partial charge is 0.290 e. The minimum absolute atomic E-state index is 0.0450. The number of aromatic nitrogens is 2. The number of nitro benzene ring substituents is 1. The van der Waals surface area contributed by atoms with Crippen LogP contribution in [0.25, 0.3) is 0 Å². The Morgan fingerprint density at radius 1 is 1.43 bits per heavy atom. The molecule has 1 aromatic heterocycles. The Morgan fingerprint density at radius 2 is 2.14 bits per heavy atom. The van der Waals surface area contributed by atoms with Crippen LogP contribution in [-0.4, -0.2) is 23.5 Å². The first kappa shape index (κ1) is 15.1. The van der Waals surface area contributed by atoms with Crippen LogP contribution in [0.15, 0.2) is 23.1 Å². The van der Waals surface area contributed by atoms with Crippen LogP contribution in [0.4, 0.5) is 16.5 Å². The lowest BCUT2D eigenvalue weighted by Gasteiger charge is -2.06. The van der Waals surface area contributed by atoms with Crippen molar-refractivity contribution in [3.63, 3.8) is 0 Å². The van der Waals surface area contributed by atoms with Crippen LogP contribution < -0.4 is 10.5 Å². The topological polar surface area (TPSA) is 141 Å². The van der Waals surface area contributed by atoms with Gasteiger partial charge in [-0.25, -0.2) is 8.42 Å². The van der Waals surface area contributed by atoms with Gasteiger partial charge in [0.2, 0.25) is 5.13 Å². The maximum Gasteiger partial charge on any atom is 0.290 e. The number of nitrogens with two attached hydrogens (primary N) is 1. The lowest BCUT2D eigenvalue weighted by atomic mass is 10.3. The second-order valence-corrected chi connectivity index (χ2v) is 6.66. The minimum atomic E-state index is -4.17. The zero-order valence-corrected chi connectivity index (χ0v) is 12.4. The standard InChI is InChI=1S/C10H11N5O4S2/c1-2-9-12-13-10(20-9)14-21(18,19)8-5-6(11)3-4-7(8)15(16)17/h3-5H,2,11H2,1H3,(H,13,14). The van der Waals surface area contributed by atoms with E-state index in [1.54, 1.807) is 0 Å². The lowest BCUT2D eigenvalue weighted by Crippen LogP contribution is -2.15. The second-order valence-electron chi connectivity index (χ2n) is 3.94. The van der Waals surface area contributed by atoms with Crippen LogP contribution >= 0.6 is 11.3 Å². The Balaban J connectivity index is 2.43. The summed E-state index contributed by atoms with van der Waals surface area (Å²) in [6.07, 6.45) is 0.609. The highest BCUT2D eigenvalue weighted by atomic mass is 32.2. The van der Waals surface area contributed by atoms with E-state index in [4.69, 9.17) is 5.73 Å². The summed E-state index contributed by atoms with van der Waals surface area (Å²) in [6.45, 7) is 1.85. The molecule has 21 heavy (non-hydrogen) atoms. The van der Waals surface area contributed by atoms with Crippen LogP contribution in [0.5, 0.6) is 0 Å². The first-order chi connectivity index (χ1) is 9.83. The number of anilines is 2. The molecule has 0 aliphatic rings. The lowest BCUT2D eigenvalue weighted by molar-refractivity contribution is -0.387. The third-order valence-corrected chi connectivity index (χ3v) is 4.94. The predicted octanol–water partition coefficient (Wildman–Crippen LogP) is 1.39. The maximum absolute atomic E-state index is 12.2. The number of nitro groups is 1. The third-order valence-electron chi connectivity index (χ3n) is 2.46. The van der Waals surface area contributed by atoms with Crippen LogP contribution in [-0.2, 0) is 16.4 Å². The van der Waals surface area contributed by atoms with Gasteiger partial charge in [-0.3, -0.25) is 14.8 Å². The van der Waals surface area contributed by atoms with Crippen molar-refractivity contribution >= 4 is 37.9 Å². The third kappa shape index (κ3) is 3.25. The Morgan fingerprint density at radius 3 is 2.71 bits per heavy atom. The fourth-order valence-corrected chi connectivity index (χ4v) is 3.62. The average Bonchev–Trinajstić information content (AvgIpc) is 2.85. The van der Waals surface area contributed by atoms with E-state index in [1.165, 1.54) is 6.07 Å². The molecule has 0 fully saturated rings. The van der Waals surface area contributed by atoms with Crippen molar-refractivity contribution in [2.24, 2.45) is 0 Å². The second kappa shape index (κ2) is 5.61. The van der Waals surface area contributed by atoms with Gasteiger partial charge in [0.05, 0.1) is 4.92 Å². The van der Waals surface area contributed by atoms with Crippen molar-refractivity contribution in [3.05, 3.63) is 33.3 Å². The van der Waals surface area contributed by atoms with Crippen LogP contribution in [0, 0.1) is 10.1 Å². The largest absolute Gasteiger partial charge is 0.399 e. The summed E-state index contributed by atoms with van der Waals surface area (Å²) < 4.78 is 26.7. The highest BCUT2D eigenvalue weighted by Crippen LogP contribution is 2.28. The molecule has 3 N–H and O–H groups in total. The van der Waals surface area contributed by atoms with Crippen LogP contribution in [0.1, 0.15) is 11.9 Å². The molecular formula is C10H11N5O4S2. The van der Waals surface area contributed by atoms with Gasteiger partial charge in [0, 0.05) is 11.8 Å². The van der Waals surface area contributed by atoms with Gasteiger partial charge >= 0.3 is 0 Å². The molecule has 0 radical (unpaired) electrons. The Hall–Kier alpha value is -2.27. The van der Waals surface area contributed by atoms with Gasteiger partial charge in [-0.05, 0) is 18.6 Å². The molecule has 1 heterocycles. The maximum atomic E-state index is 12.2. The summed E-state index contributed by atoms with van der Waals surface area (Å²) in [6, 6.07) is 3.33. The van der Waals surface area contributed by atoms with E-state index in [1.807, 2.05) is 6.92 Å². The van der Waals surface area contributed by atoms with E-state index < -0.39 is 25.5 Å². The number of hydrogen-bond donors (Lipinski definition) is 2. The van der Waals surface area contributed by atoms with Gasteiger partial charge in [-0.15, -0.1) is 10.2 Å². The molecule has 0 aliphatic heterocycles. The summed E-state index contributed by atoms with van der Waals surface area (Å²) >= 11 is 1.06. The Labute approximate surface area is 124 Å². The zero-order valence-electron chi connectivity index (χ0n) is 10.8. The van der Waals surface area contributed by atoms with Crippen LogP contribution in [0.3, 0.4) is 0 Å². The molecular weight excluding hydrogens is 318 g/mol. The molecule has 0 unspecified atom stereocenters. The van der Waals surface area contributed by atoms with Crippen LogP contribution in [0.2, 0.25) is 0 Å². The number of benzene rings is 1. The van der Waals surface area contributed by atoms with E-state index in [0.717, 1.165) is 23.5 Å². The molecule has 1 aromatic carbocycles. The molecule has 11 heteroatoms. The normalized spacial score (nSPS) is 11.3. The first-order valence-corrected chi connectivity index (χ1v) is 8.02. The van der Waals surface area contributed by atoms with E-state index in [9.17, 15) is 18.5 Å². The molecule has 9 nitrogen and oxygen atoms in total. The van der Waals surface area contributed by atoms with Crippen molar-refractivity contribution in [2.75, 3.05) is 10.5 Å². The molecule has 0 amide bonds. The molecule has 2 aromatic rings. The van der Waals surface area contributed by atoms with Gasteiger partial charge in [-0.2, -0.15) is 0 Å². The van der Waals surface area contributed by atoms with Gasteiger partial charge in [0.25, 0.3) is 15.7 Å². The van der Waals surface area contributed by atoms with Gasteiger partial charge < -0.3 is 5.73 Å². The summed E-state index contributed by atoms with van der Waals surface area (Å²) in [7, 11) is -4.17. The minimum Gasteiger partial charge on any atom is -0.399 e. The number of sulfonamides is 1. The molecule has 0 spiro atoms. The molecule has 0 atom stereocenters. The van der Waals surface area contributed by atoms with Crippen molar-refractivity contribution in [2.45, 2.75) is 18.2 Å². The average molecular weight is 329 g/mol. The predicted molar refractivity (Wildman–Crippen MR) is 77.6 cm³/mol. The number of nitrogens with one attached hydrogen (secondary N) is 1. The Bertz CT molecular complexity index is 786. The highest BCUT2D eigenvalue weighted by Gasteiger charge is 2.27. The summed E-state index contributed by atoms with van der Waals surface area (Å²) in [4.78, 5) is 9.63. The summed E-state index contributed by atoms with van der Waals surface area (Å²) in [5.41, 5.74) is 5.05. The van der Waals surface area contributed by atoms with Gasteiger partial charge in [-0.1, -0.05) is 18.3 Å². The molecule has 0 bridgehead atoms. The van der Waals surface area contributed by atoms with E-state index in [-0.39, 0.29) is 10.8 Å². The molecule has 0 saturated carbocycles. The number of rotatable bonds is 5. The number of nitrogens with zero attached hydrogens (tertiary/aromatic N) is 3. The Kier molecular flexibility index (Phi) is 4.04. The number of nitrogen functional groups attached to an aromatic ring is 1. The molecule has 112 valence electrons. The van der Waals surface area contributed by atoms with Crippen molar-refractivity contribution in [1.82, 2.24) is 10.2 Å². The summed E-state index contributed by atoms with van der Waals surface area (Å²) in [5, 5.41) is 19.1. The number of hydrogen-bond acceptors (Lipinski definition) is 8. The SMILES string of the molecule is CCc1nnc(NS(=O)(=O)c2cc(N)ccc2[N+](=O)[O-])s1. The first-order valence-electron chi connectivity index (χ1n) is 5.72. The fraction of sp³-hybridized carbons (Fsp3) is 0.200. The molecule has 0 saturated heterocycles. The van der Waals surface area contributed by atoms with Crippen molar-refractivity contribution in [1.29, 1.82) is 0 Å². The van der Waals surface area contributed by atoms with E-state index in [2.05, 4.69) is 14.9 Å². The zero-order chi connectivity index (χ0) is 15.6. The highest BCUT2D eigenvalue weighted by molar-refractivity contribution is 7.93. The quantitative estimate of drug-likeness (QED) is 0.479. The van der Waals surface area contributed by atoms with E-state index in [0.29, 0.717) is 11.4 Å². The van der Waals surface area contributed by atoms with Gasteiger partial charge in [0.1, 0.15) is 5.01 Å². The summed E-state index contributed by atoms with van der Waals surface area (Å²) in [5.74, 6) is 0. The van der Waals surface area contributed by atoms with E-state index >= 15 is 0 Å². The fourth-order valence-electron chi connectivity index (χ4n) is 1.50. The molecule has 0 aliphatic carbocycles. The van der Waals surface area contributed by atoms with Gasteiger partial charge in [0.15, 0.2) is 4.90 Å². The van der Waals surface area contributed by atoms with Crippen molar-refractivity contribution in [3.8, 4) is 0 Å². The monoisotopic (exact) mass is 329 g/mol.